The predicted molar refractivity (Wildman–Crippen MR) is 80.5 cm³/mol. The van der Waals surface area contributed by atoms with Crippen molar-refractivity contribution >= 4 is 11.3 Å². The van der Waals surface area contributed by atoms with Crippen molar-refractivity contribution < 1.29 is 0 Å². The van der Waals surface area contributed by atoms with Crippen LogP contribution < -0.4 is 5.32 Å². The highest BCUT2D eigenvalue weighted by atomic mass is 32.1. The number of hydrogen-bond acceptors (Lipinski definition) is 3. The third-order valence-electron chi connectivity index (χ3n) is 3.92. The first-order valence-corrected chi connectivity index (χ1v) is 8.03. The van der Waals surface area contributed by atoms with E-state index in [1.165, 1.54) is 48.7 Å². The number of thiophene rings is 1. The van der Waals surface area contributed by atoms with Crippen LogP contribution in [0.15, 0.2) is 12.1 Å². The second-order valence-corrected chi connectivity index (χ2v) is 6.85. The van der Waals surface area contributed by atoms with Crippen LogP contribution in [0, 0.1) is 6.92 Å². The number of aryl methyl sites for hydroxylation is 1. The van der Waals surface area contributed by atoms with Crippen LogP contribution in [0.1, 0.15) is 36.4 Å². The van der Waals surface area contributed by atoms with Crippen molar-refractivity contribution in [1.29, 1.82) is 0 Å². The molecule has 0 radical (unpaired) electrons. The molecule has 2 nitrogen and oxygen atoms in total. The zero-order valence-electron chi connectivity index (χ0n) is 11.9. The fourth-order valence-electron chi connectivity index (χ4n) is 2.72. The molecule has 2 atom stereocenters. The maximum Gasteiger partial charge on any atom is 0.0192 e. The Morgan fingerprint density at radius 2 is 2.33 bits per heavy atom. The lowest BCUT2D eigenvalue weighted by Crippen LogP contribution is -2.42. The summed E-state index contributed by atoms with van der Waals surface area (Å²) in [5, 5.41) is 3.65. The Hall–Kier alpha value is -0.380. The van der Waals surface area contributed by atoms with Gasteiger partial charge in [0.1, 0.15) is 0 Å². The first kappa shape index (κ1) is 14.0. The van der Waals surface area contributed by atoms with E-state index < -0.39 is 0 Å². The molecule has 1 aromatic rings. The Bertz CT molecular complexity index is 361. The van der Waals surface area contributed by atoms with E-state index in [4.69, 9.17) is 0 Å². The molecule has 1 fully saturated rings. The largest absolute Gasteiger partial charge is 0.313 e. The van der Waals surface area contributed by atoms with E-state index in [2.05, 4.69) is 43.1 Å². The van der Waals surface area contributed by atoms with E-state index in [0.29, 0.717) is 12.1 Å². The summed E-state index contributed by atoms with van der Waals surface area (Å²) < 4.78 is 0. The zero-order chi connectivity index (χ0) is 13.0. The van der Waals surface area contributed by atoms with Crippen LogP contribution in [-0.2, 0) is 6.42 Å². The lowest BCUT2D eigenvalue weighted by atomic mass is 10.1. The number of hydrogen-bond donors (Lipinski definition) is 1. The lowest BCUT2D eigenvalue weighted by molar-refractivity contribution is 0.203. The quantitative estimate of drug-likeness (QED) is 0.901. The first-order valence-electron chi connectivity index (χ1n) is 7.21. The summed E-state index contributed by atoms with van der Waals surface area (Å²) in [6, 6.07) is 5.88. The normalized spacial score (nSPS) is 23.8. The Kier molecular flexibility index (Phi) is 5.22. The van der Waals surface area contributed by atoms with Gasteiger partial charge in [-0.15, -0.1) is 11.3 Å². The molecular weight excluding hydrogens is 240 g/mol. The van der Waals surface area contributed by atoms with Crippen molar-refractivity contribution in [2.45, 2.75) is 52.1 Å². The van der Waals surface area contributed by atoms with Crippen LogP contribution >= 0.6 is 11.3 Å². The van der Waals surface area contributed by atoms with Gasteiger partial charge in [-0.3, -0.25) is 4.90 Å². The van der Waals surface area contributed by atoms with Crippen molar-refractivity contribution in [2.24, 2.45) is 0 Å². The molecule has 0 aromatic carbocycles. The molecule has 0 bridgehead atoms. The zero-order valence-corrected chi connectivity index (χ0v) is 12.7. The van der Waals surface area contributed by atoms with Gasteiger partial charge < -0.3 is 5.32 Å². The van der Waals surface area contributed by atoms with Crippen molar-refractivity contribution in [3.05, 3.63) is 21.9 Å². The maximum atomic E-state index is 3.65. The molecule has 2 rings (SSSR count). The highest BCUT2D eigenvalue weighted by molar-refractivity contribution is 7.11. The molecule has 1 aliphatic rings. The second-order valence-electron chi connectivity index (χ2n) is 5.47. The number of nitrogens with zero attached hydrogens (tertiary/aromatic N) is 1. The molecule has 2 heterocycles. The topological polar surface area (TPSA) is 15.3 Å². The minimum atomic E-state index is 0.664. The van der Waals surface area contributed by atoms with Gasteiger partial charge in [-0.05, 0) is 58.3 Å². The first-order chi connectivity index (χ1) is 8.69. The maximum absolute atomic E-state index is 3.65. The van der Waals surface area contributed by atoms with Crippen LogP contribution in [0.4, 0.5) is 0 Å². The molecule has 1 N–H and O–H groups in total. The summed E-state index contributed by atoms with van der Waals surface area (Å²) in [6.07, 6.45) is 3.72. The molecule has 102 valence electrons. The van der Waals surface area contributed by atoms with Crippen LogP contribution in [0.25, 0.3) is 0 Å². The van der Waals surface area contributed by atoms with E-state index in [1.807, 2.05) is 11.3 Å². The number of rotatable bonds is 4. The molecule has 3 heteroatoms. The summed E-state index contributed by atoms with van der Waals surface area (Å²) in [5.74, 6) is 0. The van der Waals surface area contributed by atoms with Gasteiger partial charge in [-0.1, -0.05) is 6.92 Å². The van der Waals surface area contributed by atoms with Crippen LogP contribution in [0.3, 0.4) is 0 Å². The minimum absolute atomic E-state index is 0.664. The Morgan fingerprint density at radius 1 is 1.50 bits per heavy atom. The van der Waals surface area contributed by atoms with Gasteiger partial charge in [0.2, 0.25) is 0 Å². The molecule has 1 aliphatic heterocycles. The summed E-state index contributed by atoms with van der Waals surface area (Å²) in [4.78, 5) is 5.63. The average molecular weight is 266 g/mol. The summed E-state index contributed by atoms with van der Waals surface area (Å²) >= 11 is 1.95. The van der Waals surface area contributed by atoms with Crippen molar-refractivity contribution in [1.82, 2.24) is 10.2 Å². The van der Waals surface area contributed by atoms with Gasteiger partial charge in [-0.2, -0.15) is 0 Å². The van der Waals surface area contributed by atoms with Crippen LogP contribution in [0.2, 0.25) is 0 Å². The van der Waals surface area contributed by atoms with Gasteiger partial charge in [0.05, 0.1) is 0 Å². The molecule has 0 spiro atoms. The number of nitrogens with one attached hydrogen (secondary N) is 1. The van der Waals surface area contributed by atoms with E-state index in [0.717, 1.165) is 0 Å². The standard InChI is InChI=1S/C15H26N2S/c1-4-14-11-17(9-5-8-16-14)12(2)10-15-7-6-13(3)18-15/h6-7,12,14,16H,4-5,8-11H2,1-3H3. The fraction of sp³-hybridized carbons (Fsp3) is 0.733. The van der Waals surface area contributed by atoms with E-state index in [-0.39, 0.29) is 0 Å². The third-order valence-corrected chi connectivity index (χ3v) is 4.94. The smallest absolute Gasteiger partial charge is 0.0192 e. The molecule has 1 saturated heterocycles. The van der Waals surface area contributed by atoms with Gasteiger partial charge in [0.25, 0.3) is 0 Å². The molecular formula is C15H26N2S. The highest BCUT2D eigenvalue weighted by Gasteiger charge is 2.20. The molecule has 0 aliphatic carbocycles. The Labute approximate surface area is 115 Å². The van der Waals surface area contributed by atoms with Gasteiger partial charge in [0.15, 0.2) is 0 Å². The summed E-state index contributed by atoms with van der Waals surface area (Å²) in [7, 11) is 0. The highest BCUT2D eigenvalue weighted by Crippen LogP contribution is 2.19. The van der Waals surface area contributed by atoms with E-state index >= 15 is 0 Å². The second kappa shape index (κ2) is 6.69. The SMILES string of the molecule is CCC1CN(C(C)Cc2ccc(C)s2)CCCN1. The molecule has 1 aromatic heterocycles. The third kappa shape index (κ3) is 3.81. The molecule has 0 amide bonds. The van der Waals surface area contributed by atoms with Crippen LogP contribution in [0.5, 0.6) is 0 Å². The summed E-state index contributed by atoms with van der Waals surface area (Å²) in [6.45, 7) is 10.5. The van der Waals surface area contributed by atoms with Crippen molar-refractivity contribution in [3.63, 3.8) is 0 Å². The van der Waals surface area contributed by atoms with Crippen molar-refractivity contribution in [3.8, 4) is 0 Å². The summed E-state index contributed by atoms with van der Waals surface area (Å²) in [5.41, 5.74) is 0. The molecule has 0 saturated carbocycles. The average Bonchev–Trinajstić information content (AvgIpc) is 2.65. The lowest BCUT2D eigenvalue weighted by Gasteiger charge is -2.29. The molecule has 18 heavy (non-hydrogen) atoms. The molecule has 2 unspecified atom stereocenters. The van der Waals surface area contributed by atoms with Crippen LogP contribution in [-0.4, -0.2) is 36.6 Å². The minimum Gasteiger partial charge on any atom is -0.313 e. The van der Waals surface area contributed by atoms with E-state index in [1.54, 1.807) is 0 Å². The van der Waals surface area contributed by atoms with Gasteiger partial charge in [0, 0.05) is 28.4 Å². The Balaban J connectivity index is 1.92. The van der Waals surface area contributed by atoms with E-state index in [9.17, 15) is 0 Å². The fourth-order valence-corrected chi connectivity index (χ4v) is 3.73. The Morgan fingerprint density at radius 3 is 3.00 bits per heavy atom. The van der Waals surface area contributed by atoms with Gasteiger partial charge in [-0.25, -0.2) is 0 Å². The predicted octanol–water partition coefficient (Wildman–Crippen LogP) is 3.06. The van der Waals surface area contributed by atoms with Crippen molar-refractivity contribution in [2.75, 3.05) is 19.6 Å². The monoisotopic (exact) mass is 266 g/mol. The van der Waals surface area contributed by atoms with Gasteiger partial charge >= 0.3 is 0 Å².